The maximum absolute atomic E-state index is 9.20. The Hall–Kier alpha value is -1.00. The van der Waals surface area contributed by atoms with E-state index in [1.54, 1.807) is 12.1 Å². The van der Waals surface area contributed by atoms with Gasteiger partial charge in [0.1, 0.15) is 11.0 Å². The van der Waals surface area contributed by atoms with Crippen molar-refractivity contribution in [1.82, 2.24) is 4.98 Å². The molecule has 0 aliphatic carbocycles. The van der Waals surface area contributed by atoms with Crippen molar-refractivity contribution in [3.63, 3.8) is 0 Å². The summed E-state index contributed by atoms with van der Waals surface area (Å²) < 4.78 is 0. The van der Waals surface area contributed by atoms with E-state index in [-0.39, 0.29) is 12.6 Å². The van der Waals surface area contributed by atoms with Gasteiger partial charge in [-0.3, -0.25) is 0 Å². The van der Waals surface area contributed by atoms with Gasteiger partial charge in [0.05, 0.1) is 12.6 Å². The molecule has 1 aliphatic rings. The standard InChI is InChI=1S/C10H14ClN3O/c11-9-4-7(12)5-10(13-9)14-3-1-2-8(14)6-15/h4-5,8,15H,1-3,6H2,(H2,12,13). The summed E-state index contributed by atoms with van der Waals surface area (Å²) in [6.45, 7) is 1.05. The zero-order chi connectivity index (χ0) is 10.8. The molecule has 3 N–H and O–H groups in total. The van der Waals surface area contributed by atoms with Gasteiger partial charge in [-0.2, -0.15) is 0 Å². The minimum atomic E-state index is 0.147. The molecule has 82 valence electrons. The van der Waals surface area contributed by atoms with E-state index in [0.29, 0.717) is 10.8 Å². The van der Waals surface area contributed by atoms with E-state index in [4.69, 9.17) is 17.3 Å². The minimum Gasteiger partial charge on any atom is -0.399 e. The van der Waals surface area contributed by atoms with Crippen LogP contribution in [0.3, 0.4) is 0 Å². The summed E-state index contributed by atoms with van der Waals surface area (Å²) in [4.78, 5) is 6.27. The van der Waals surface area contributed by atoms with E-state index in [0.717, 1.165) is 25.2 Å². The van der Waals surface area contributed by atoms with Crippen LogP contribution >= 0.6 is 11.6 Å². The van der Waals surface area contributed by atoms with Gasteiger partial charge in [-0.05, 0) is 18.9 Å². The molecule has 0 bridgehead atoms. The molecule has 1 aliphatic heterocycles. The molecule has 1 fully saturated rings. The average molecular weight is 228 g/mol. The second kappa shape index (κ2) is 4.24. The lowest BCUT2D eigenvalue weighted by atomic mass is 10.2. The Morgan fingerprint density at radius 1 is 1.60 bits per heavy atom. The number of nitrogen functional groups attached to an aromatic ring is 1. The predicted molar refractivity (Wildman–Crippen MR) is 61.1 cm³/mol. The van der Waals surface area contributed by atoms with Gasteiger partial charge in [0, 0.05) is 18.3 Å². The number of pyridine rings is 1. The minimum absolute atomic E-state index is 0.147. The van der Waals surface area contributed by atoms with Crippen molar-refractivity contribution in [2.75, 3.05) is 23.8 Å². The molecule has 2 rings (SSSR count). The van der Waals surface area contributed by atoms with Gasteiger partial charge >= 0.3 is 0 Å². The monoisotopic (exact) mass is 227 g/mol. The molecule has 1 saturated heterocycles. The molecule has 0 amide bonds. The Morgan fingerprint density at radius 2 is 2.40 bits per heavy atom. The van der Waals surface area contributed by atoms with Crippen LogP contribution in [0.1, 0.15) is 12.8 Å². The van der Waals surface area contributed by atoms with Crippen molar-refractivity contribution >= 4 is 23.1 Å². The quantitative estimate of drug-likeness (QED) is 0.748. The first-order valence-corrected chi connectivity index (χ1v) is 5.39. The molecule has 0 saturated carbocycles. The number of nitrogens with zero attached hydrogens (tertiary/aromatic N) is 2. The third-order valence-corrected chi connectivity index (χ3v) is 2.88. The highest BCUT2D eigenvalue weighted by atomic mass is 35.5. The molecule has 0 radical (unpaired) electrons. The van der Waals surface area contributed by atoms with Crippen LogP contribution in [0.15, 0.2) is 12.1 Å². The summed E-state index contributed by atoms with van der Waals surface area (Å²) in [6.07, 6.45) is 2.06. The second-order valence-electron chi connectivity index (χ2n) is 3.75. The van der Waals surface area contributed by atoms with E-state index in [1.165, 1.54) is 0 Å². The highest BCUT2D eigenvalue weighted by Crippen LogP contribution is 2.26. The average Bonchev–Trinajstić information content (AvgIpc) is 2.63. The fraction of sp³-hybridized carbons (Fsp3) is 0.500. The number of aliphatic hydroxyl groups is 1. The van der Waals surface area contributed by atoms with Gasteiger partial charge < -0.3 is 15.7 Å². The topological polar surface area (TPSA) is 62.4 Å². The Balaban J connectivity index is 2.28. The number of aromatic nitrogens is 1. The Labute approximate surface area is 93.7 Å². The Bertz CT molecular complexity index is 338. The Morgan fingerprint density at radius 3 is 3.07 bits per heavy atom. The summed E-state index contributed by atoms with van der Waals surface area (Å²) >= 11 is 5.84. The first-order chi connectivity index (χ1) is 7.20. The van der Waals surface area contributed by atoms with Crippen LogP contribution in [0.5, 0.6) is 0 Å². The van der Waals surface area contributed by atoms with E-state index in [2.05, 4.69) is 9.88 Å². The van der Waals surface area contributed by atoms with Crippen LogP contribution in [0.4, 0.5) is 11.5 Å². The lowest BCUT2D eigenvalue weighted by Crippen LogP contribution is -2.32. The molecule has 1 aromatic rings. The fourth-order valence-electron chi connectivity index (χ4n) is 1.98. The van der Waals surface area contributed by atoms with E-state index >= 15 is 0 Å². The number of hydrogen-bond donors (Lipinski definition) is 2. The number of aliphatic hydroxyl groups excluding tert-OH is 1. The van der Waals surface area contributed by atoms with Crippen molar-refractivity contribution in [3.8, 4) is 0 Å². The molecule has 2 heterocycles. The van der Waals surface area contributed by atoms with Crippen molar-refractivity contribution in [3.05, 3.63) is 17.3 Å². The van der Waals surface area contributed by atoms with Crippen LogP contribution < -0.4 is 10.6 Å². The van der Waals surface area contributed by atoms with Crippen LogP contribution in [-0.2, 0) is 0 Å². The van der Waals surface area contributed by atoms with Gasteiger partial charge in [-0.1, -0.05) is 11.6 Å². The first kappa shape index (κ1) is 10.5. The van der Waals surface area contributed by atoms with Crippen molar-refractivity contribution in [2.45, 2.75) is 18.9 Å². The molecule has 0 aromatic carbocycles. The van der Waals surface area contributed by atoms with E-state index in [9.17, 15) is 5.11 Å². The predicted octanol–water partition coefficient (Wildman–Crippen LogP) is 1.28. The molecule has 1 aromatic heterocycles. The van der Waals surface area contributed by atoms with E-state index in [1.807, 2.05) is 0 Å². The molecular formula is C10H14ClN3O. The number of halogens is 1. The van der Waals surface area contributed by atoms with Gasteiger partial charge in [0.25, 0.3) is 0 Å². The Kier molecular flexibility index (Phi) is 2.98. The molecule has 1 atom stereocenters. The largest absolute Gasteiger partial charge is 0.399 e. The second-order valence-corrected chi connectivity index (χ2v) is 4.14. The SMILES string of the molecule is Nc1cc(Cl)nc(N2CCCC2CO)c1. The molecule has 0 spiro atoms. The van der Waals surface area contributed by atoms with E-state index < -0.39 is 0 Å². The summed E-state index contributed by atoms with van der Waals surface area (Å²) in [5.41, 5.74) is 6.31. The molecular weight excluding hydrogens is 214 g/mol. The summed E-state index contributed by atoms with van der Waals surface area (Å²) in [5, 5.41) is 9.60. The zero-order valence-corrected chi connectivity index (χ0v) is 9.11. The fourth-order valence-corrected chi connectivity index (χ4v) is 2.19. The number of rotatable bonds is 2. The van der Waals surface area contributed by atoms with Crippen molar-refractivity contribution in [2.24, 2.45) is 0 Å². The number of hydrogen-bond acceptors (Lipinski definition) is 4. The van der Waals surface area contributed by atoms with Gasteiger partial charge in [-0.25, -0.2) is 4.98 Å². The van der Waals surface area contributed by atoms with Gasteiger partial charge in [0.15, 0.2) is 0 Å². The zero-order valence-electron chi connectivity index (χ0n) is 8.36. The highest BCUT2D eigenvalue weighted by molar-refractivity contribution is 6.29. The van der Waals surface area contributed by atoms with Crippen LogP contribution in [0.25, 0.3) is 0 Å². The van der Waals surface area contributed by atoms with Crippen LogP contribution in [-0.4, -0.2) is 29.3 Å². The maximum Gasteiger partial charge on any atom is 0.133 e. The summed E-state index contributed by atoms with van der Waals surface area (Å²) in [6, 6.07) is 3.56. The lowest BCUT2D eigenvalue weighted by Gasteiger charge is -2.24. The smallest absolute Gasteiger partial charge is 0.133 e. The number of anilines is 2. The van der Waals surface area contributed by atoms with Gasteiger partial charge in [0.2, 0.25) is 0 Å². The summed E-state index contributed by atoms with van der Waals surface area (Å²) in [7, 11) is 0. The third-order valence-electron chi connectivity index (χ3n) is 2.69. The van der Waals surface area contributed by atoms with Crippen molar-refractivity contribution < 1.29 is 5.11 Å². The third kappa shape index (κ3) is 2.16. The first-order valence-electron chi connectivity index (χ1n) is 5.01. The summed E-state index contributed by atoms with van der Waals surface area (Å²) in [5.74, 6) is 0.761. The molecule has 5 heteroatoms. The van der Waals surface area contributed by atoms with Gasteiger partial charge in [-0.15, -0.1) is 0 Å². The molecule has 4 nitrogen and oxygen atoms in total. The maximum atomic E-state index is 9.20. The van der Waals surface area contributed by atoms with Crippen LogP contribution in [0, 0.1) is 0 Å². The van der Waals surface area contributed by atoms with Crippen molar-refractivity contribution in [1.29, 1.82) is 0 Å². The van der Waals surface area contributed by atoms with Crippen LogP contribution in [0.2, 0.25) is 5.15 Å². The normalized spacial score (nSPS) is 20.9. The number of nitrogens with two attached hydrogens (primary N) is 1. The highest BCUT2D eigenvalue weighted by Gasteiger charge is 2.25. The molecule has 15 heavy (non-hydrogen) atoms. The lowest BCUT2D eigenvalue weighted by molar-refractivity contribution is 0.266. The molecule has 1 unspecified atom stereocenters.